The molecule has 4 aromatic rings. The number of anilines is 1. The summed E-state index contributed by atoms with van der Waals surface area (Å²) in [5.41, 5.74) is 5.57. The van der Waals surface area contributed by atoms with E-state index in [2.05, 4.69) is 55.7 Å². The van der Waals surface area contributed by atoms with Gasteiger partial charge in [-0.15, -0.1) is 0 Å². The molecule has 2 aromatic heterocycles. The molecule has 1 saturated heterocycles. The third-order valence-electron chi connectivity index (χ3n) is 6.05. The molecule has 2 aromatic carbocycles. The lowest BCUT2D eigenvalue weighted by Gasteiger charge is -2.32. The molecule has 1 aliphatic rings. The molecule has 0 amide bonds. The number of piperidine rings is 1. The number of hydrogen-bond donors (Lipinski definition) is 2. The van der Waals surface area contributed by atoms with Crippen LogP contribution in [0.1, 0.15) is 18.4 Å². The zero-order chi connectivity index (χ0) is 21.8. The number of nitrogens with zero attached hydrogens (tertiary/aromatic N) is 3. The third-order valence-corrected chi connectivity index (χ3v) is 6.30. The third kappa shape index (κ3) is 4.69. The first-order valence-corrected chi connectivity index (χ1v) is 11.4. The number of aromatic nitrogens is 3. The molecule has 2 N–H and O–H groups in total. The van der Waals surface area contributed by atoms with Gasteiger partial charge in [-0.1, -0.05) is 54.1 Å². The second-order valence-electron chi connectivity index (χ2n) is 8.25. The van der Waals surface area contributed by atoms with Gasteiger partial charge in [0, 0.05) is 48.7 Å². The lowest BCUT2D eigenvalue weighted by molar-refractivity contribution is 0.211. The van der Waals surface area contributed by atoms with E-state index in [9.17, 15) is 0 Å². The fourth-order valence-electron chi connectivity index (χ4n) is 4.34. The minimum absolute atomic E-state index is 0.393. The molecule has 5 rings (SSSR count). The Morgan fingerprint density at radius 3 is 2.34 bits per heavy atom. The number of benzene rings is 2. The summed E-state index contributed by atoms with van der Waals surface area (Å²) < 4.78 is 0. The van der Waals surface area contributed by atoms with Gasteiger partial charge in [-0.05, 0) is 48.2 Å². The summed E-state index contributed by atoms with van der Waals surface area (Å²) in [5.74, 6) is 0.891. The molecule has 0 radical (unpaired) electrons. The number of rotatable bonds is 6. The number of aromatic amines is 1. The van der Waals surface area contributed by atoms with E-state index in [1.165, 1.54) is 5.56 Å². The number of H-pyrrole nitrogens is 1. The topological polar surface area (TPSA) is 56.8 Å². The summed E-state index contributed by atoms with van der Waals surface area (Å²) in [6, 6.07) is 23.0. The Labute approximate surface area is 193 Å². The van der Waals surface area contributed by atoms with E-state index in [1.54, 1.807) is 0 Å². The molecule has 0 unspecified atom stereocenters. The summed E-state index contributed by atoms with van der Waals surface area (Å²) in [7, 11) is 0. The molecule has 0 saturated carbocycles. The standard InChI is InChI=1S/C26H26ClN5/c27-22-8-6-21(7-9-22)25-24(20-10-14-28-15-11-20)26(31-30-25)29-23-12-16-32(17-13-23)18-19-4-2-1-3-5-19/h1-11,14-15,23H,12-13,16-18H2,(H2,29,30,31). The number of hydrogen-bond acceptors (Lipinski definition) is 4. The van der Waals surface area contributed by atoms with Crippen molar-refractivity contribution in [3.8, 4) is 22.4 Å². The maximum Gasteiger partial charge on any atom is 0.156 e. The summed E-state index contributed by atoms with van der Waals surface area (Å²) in [6.45, 7) is 3.16. The van der Waals surface area contributed by atoms with Crippen LogP contribution in [0.15, 0.2) is 79.1 Å². The Kier molecular flexibility index (Phi) is 6.19. The van der Waals surface area contributed by atoms with Crippen molar-refractivity contribution in [3.05, 3.63) is 89.7 Å². The van der Waals surface area contributed by atoms with Gasteiger partial charge in [0.2, 0.25) is 0 Å². The molecule has 0 atom stereocenters. The van der Waals surface area contributed by atoms with Crippen molar-refractivity contribution < 1.29 is 0 Å². The van der Waals surface area contributed by atoms with E-state index in [0.29, 0.717) is 6.04 Å². The Balaban J connectivity index is 1.33. The monoisotopic (exact) mass is 443 g/mol. The average molecular weight is 444 g/mol. The molecule has 0 spiro atoms. The van der Waals surface area contributed by atoms with Crippen LogP contribution in [0.3, 0.4) is 0 Å². The molecule has 32 heavy (non-hydrogen) atoms. The number of halogens is 1. The van der Waals surface area contributed by atoms with Crippen molar-refractivity contribution in [2.75, 3.05) is 18.4 Å². The maximum atomic E-state index is 6.10. The van der Waals surface area contributed by atoms with Gasteiger partial charge >= 0.3 is 0 Å². The molecule has 1 aliphatic heterocycles. The highest BCUT2D eigenvalue weighted by Crippen LogP contribution is 2.37. The van der Waals surface area contributed by atoms with Gasteiger partial charge in [0.05, 0.1) is 11.3 Å². The molecular weight excluding hydrogens is 418 g/mol. The minimum Gasteiger partial charge on any atom is -0.365 e. The van der Waals surface area contributed by atoms with E-state index in [1.807, 2.05) is 48.8 Å². The van der Waals surface area contributed by atoms with Crippen molar-refractivity contribution in [1.82, 2.24) is 20.1 Å². The van der Waals surface area contributed by atoms with Crippen molar-refractivity contribution >= 4 is 17.4 Å². The molecule has 5 nitrogen and oxygen atoms in total. The first kappa shape index (κ1) is 20.7. The highest BCUT2D eigenvalue weighted by atomic mass is 35.5. The van der Waals surface area contributed by atoms with Crippen LogP contribution in [-0.4, -0.2) is 39.2 Å². The van der Waals surface area contributed by atoms with Gasteiger partial charge in [0.1, 0.15) is 0 Å². The Bertz CT molecular complexity index is 1130. The van der Waals surface area contributed by atoms with Crippen LogP contribution in [0.4, 0.5) is 5.82 Å². The summed E-state index contributed by atoms with van der Waals surface area (Å²) in [5, 5.41) is 12.4. The molecule has 1 fully saturated rings. The van der Waals surface area contributed by atoms with E-state index < -0.39 is 0 Å². The van der Waals surface area contributed by atoms with Crippen LogP contribution in [-0.2, 0) is 6.54 Å². The largest absolute Gasteiger partial charge is 0.365 e. The fourth-order valence-corrected chi connectivity index (χ4v) is 4.47. The van der Waals surface area contributed by atoms with Crippen LogP contribution in [0.5, 0.6) is 0 Å². The van der Waals surface area contributed by atoms with Crippen molar-refractivity contribution in [2.45, 2.75) is 25.4 Å². The van der Waals surface area contributed by atoms with Crippen LogP contribution < -0.4 is 5.32 Å². The zero-order valence-electron chi connectivity index (χ0n) is 17.8. The Morgan fingerprint density at radius 2 is 1.62 bits per heavy atom. The second kappa shape index (κ2) is 9.55. The Morgan fingerprint density at radius 1 is 0.906 bits per heavy atom. The normalized spacial score (nSPS) is 15.0. The van der Waals surface area contributed by atoms with E-state index in [-0.39, 0.29) is 0 Å². The molecular formula is C26H26ClN5. The van der Waals surface area contributed by atoms with Crippen LogP contribution in [0, 0.1) is 0 Å². The molecule has 0 bridgehead atoms. The van der Waals surface area contributed by atoms with Crippen molar-refractivity contribution in [1.29, 1.82) is 0 Å². The van der Waals surface area contributed by atoms with Gasteiger partial charge in [0.25, 0.3) is 0 Å². The number of nitrogens with one attached hydrogen (secondary N) is 2. The second-order valence-corrected chi connectivity index (χ2v) is 8.68. The summed E-state index contributed by atoms with van der Waals surface area (Å²) >= 11 is 6.10. The lowest BCUT2D eigenvalue weighted by Crippen LogP contribution is -2.38. The van der Waals surface area contributed by atoms with Crippen LogP contribution >= 0.6 is 11.6 Å². The zero-order valence-corrected chi connectivity index (χ0v) is 18.6. The van der Waals surface area contributed by atoms with Gasteiger partial charge in [0.15, 0.2) is 5.82 Å². The highest BCUT2D eigenvalue weighted by molar-refractivity contribution is 6.30. The van der Waals surface area contributed by atoms with Crippen molar-refractivity contribution in [3.63, 3.8) is 0 Å². The van der Waals surface area contributed by atoms with Gasteiger partial charge in [-0.2, -0.15) is 5.10 Å². The molecule has 3 heterocycles. The first-order chi connectivity index (χ1) is 15.8. The molecule has 162 valence electrons. The minimum atomic E-state index is 0.393. The van der Waals surface area contributed by atoms with Gasteiger partial charge in [-0.3, -0.25) is 15.0 Å². The van der Waals surface area contributed by atoms with E-state index in [4.69, 9.17) is 11.6 Å². The quantitative estimate of drug-likeness (QED) is 0.391. The van der Waals surface area contributed by atoms with Crippen molar-refractivity contribution in [2.24, 2.45) is 0 Å². The number of pyridine rings is 1. The Hall–Kier alpha value is -3.15. The predicted molar refractivity (Wildman–Crippen MR) is 131 cm³/mol. The van der Waals surface area contributed by atoms with Gasteiger partial charge < -0.3 is 5.32 Å². The van der Waals surface area contributed by atoms with Crippen LogP contribution in [0.2, 0.25) is 5.02 Å². The molecule has 0 aliphatic carbocycles. The maximum absolute atomic E-state index is 6.10. The fraction of sp³-hybridized carbons (Fsp3) is 0.231. The first-order valence-electron chi connectivity index (χ1n) is 11.0. The predicted octanol–water partition coefficient (Wildman–Crippen LogP) is 5.87. The number of likely N-dealkylation sites (tertiary alicyclic amines) is 1. The summed E-state index contributed by atoms with van der Waals surface area (Å²) in [4.78, 5) is 6.71. The smallest absolute Gasteiger partial charge is 0.156 e. The van der Waals surface area contributed by atoms with Crippen LogP contribution in [0.25, 0.3) is 22.4 Å². The van der Waals surface area contributed by atoms with Gasteiger partial charge in [-0.25, -0.2) is 0 Å². The molecule has 6 heteroatoms. The van der Waals surface area contributed by atoms with E-state index >= 15 is 0 Å². The average Bonchev–Trinajstić information content (AvgIpc) is 3.25. The lowest BCUT2D eigenvalue weighted by atomic mass is 10.00. The van der Waals surface area contributed by atoms with E-state index in [0.717, 1.165) is 65.7 Å². The highest BCUT2D eigenvalue weighted by Gasteiger charge is 2.23. The summed E-state index contributed by atoms with van der Waals surface area (Å²) in [6.07, 6.45) is 5.82. The SMILES string of the molecule is Clc1ccc(-c2[nH]nc(NC3CCN(Cc4ccccc4)CC3)c2-c2ccncc2)cc1.